The van der Waals surface area contributed by atoms with E-state index >= 15 is 0 Å². The summed E-state index contributed by atoms with van der Waals surface area (Å²) >= 11 is 0. The van der Waals surface area contributed by atoms with Crippen molar-refractivity contribution in [3.05, 3.63) is 35.6 Å². The number of hydrogen-bond donors (Lipinski definition) is 0. The maximum Gasteiger partial charge on any atom is 1.00 e. The molecular formula is C11H12NNaO3. The molecule has 1 aromatic rings. The van der Waals surface area contributed by atoms with Crippen LogP contribution in [0.5, 0.6) is 5.75 Å². The van der Waals surface area contributed by atoms with Gasteiger partial charge in [0, 0.05) is 5.91 Å². The molecule has 0 saturated heterocycles. The van der Waals surface area contributed by atoms with Crippen LogP contribution in [0.2, 0.25) is 0 Å². The number of nitrogens with zero attached hydrogens (tertiary/aromatic N) is 1. The fourth-order valence-corrected chi connectivity index (χ4v) is 1.02. The molecule has 0 saturated carbocycles. The molecule has 0 aliphatic carbocycles. The van der Waals surface area contributed by atoms with Crippen molar-refractivity contribution >= 4 is 11.9 Å². The van der Waals surface area contributed by atoms with Crippen LogP contribution in [-0.4, -0.2) is 17.9 Å². The average molecular weight is 229 g/mol. The monoisotopic (exact) mass is 229 g/mol. The quantitative estimate of drug-likeness (QED) is 0.376. The molecule has 4 nitrogen and oxygen atoms in total. The van der Waals surface area contributed by atoms with Crippen LogP contribution in [0.15, 0.2) is 30.3 Å². The van der Waals surface area contributed by atoms with Crippen LogP contribution < -0.4 is 34.3 Å². The molecule has 0 spiro atoms. The largest absolute Gasteiger partial charge is 1.00 e. The van der Waals surface area contributed by atoms with Gasteiger partial charge in [-0.3, -0.25) is 4.79 Å². The van der Waals surface area contributed by atoms with Gasteiger partial charge in [-0.1, -0.05) is 25.1 Å². The van der Waals surface area contributed by atoms with Crippen molar-refractivity contribution in [2.24, 2.45) is 0 Å². The molecule has 80 valence electrons. The van der Waals surface area contributed by atoms with E-state index in [4.69, 9.17) is 4.74 Å². The summed E-state index contributed by atoms with van der Waals surface area (Å²) in [5, 5.41) is 3.56. The first-order valence-electron chi connectivity index (χ1n) is 4.58. The van der Waals surface area contributed by atoms with Gasteiger partial charge in [-0.05, 0) is 25.1 Å². The molecule has 1 rings (SSSR count). The Kier molecular flexibility index (Phi) is 7.05. The van der Waals surface area contributed by atoms with Gasteiger partial charge in [0.2, 0.25) is 0 Å². The third kappa shape index (κ3) is 5.30. The number of amides is 1. The molecule has 0 unspecified atom stereocenters. The maximum atomic E-state index is 11.4. The zero-order valence-electron chi connectivity index (χ0n) is 9.64. The Morgan fingerprint density at radius 3 is 2.31 bits per heavy atom. The Bertz CT molecular complexity index is 354. The van der Waals surface area contributed by atoms with Crippen LogP contribution in [0.4, 0.5) is 0 Å². The summed E-state index contributed by atoms with van der Waals surface area (Å²) in [4.78, 5) is 22.0. The molecule has 0 heterocycles. The summed E-state index contributed by atoms with van der Waals surface area (Å²) in [6.45, 7) is 2.82. The predicted molar refractivity (Wildman–Crippen MR) is 55.6 cm³/mol. The Morgan fingerprint density at radius 2 is 1.81 bits per heavy atom. The van der Waals surface area contributed by atoms with E-state index in [1.54, 1.807) is 24.3 Å². The van der Waals surface area contributed by atoms with E-state index in [0.29, 0.717) is 5.75 Å². The maximum absolute atomic E-state index is 11.4. The molecule has 0 N–H and O–H groups in total. The molecule has 0 aliphatic heterocycles. The summed E-state index contributed by atoms with van der Waals surface area (Å²) in [6, 6.07) is 7.91. The second-order valence-corrected chi connectivity index (χ2v) is 3.06. The second-order valence-electron chi connectivity index (χ2n) is 3.06. The summed E-state index contributed by atoms with van der Waals surface area (Å²) in [5.74, 6) is -0.461. The van der Waals surface area contributed by atoms with Gasteiger partial charge in [-0.15, -0.1) is 0 Å². The molecule has 16 heavy (non-hydrogen) atoms. The van der Waals surface area contributed by atoms with Crippen molar-refractivity contribution < 1.29 is 43.9 Å². The number of carbonyl (C=O) groups excluding carboxylic acids is 2. The van der Waals surface area contributed by atoms with E-state index in [0.717, 1.165) is 0 Å². The smallest absolute Gasteiger partial charge is 0.642 e. The predicted octanol–water partition coefficient (Wildman–Crippen LogP) is -1.10. The van der Waals surface area contributed by atoms with Crippen LogP contribution >= 0.6 is 0 Å². The minimum atomic E-state index is -0.761. The molecule has 1 aromatic carbocycles. The van der Waals surface area contributed by atoms with Crippen molar-refractivity contribution in [2.45, 2.75) is 19.9 Å². The van der Waals surface area contributed by atoms with Gasteiger partial charge in [0.25, 0.3) is 5.97 Å². The molecule has 0 radical (unpaired) electrons. The topological polar surface area (TPSA) is 57.5 Å². The molecule has 0 aromatic heterocycles. The first kappa shape index (κ1) is 15.2. The summed E-state index contributed by atoms with van der Waals surface area (Å²) in [6.07, 6.45) is 0. The van der Waals surface area contributed by atoms with Gasteiger partial charge >= 0.3 is 29.6 Å². The normalized spacial score (nSPS) is 10.9. The van der Waals surface area contributed by atoms with Gasteiger partial charge < -0.3 is 14.8 Å². The Hall–Kier alpha value is -0.840. The number of hydrogen-bond acceptors (Lipinski definition) is 3. The number of carbonyl (C=O) groups is 2. The number of esters is 1. The molecule has 0 fully saturated rings. The average Bonchev–Trinajstić information content (AvgIpc) is 2.18. The van der Waals surface area contributed by atoms with E-state index in [9.17, 15) is 9.59 Å². The van der Waals surface area contributed by atoms with E-state index < -0.39 is 12.0 Å². The van der Waals surface area contributed by atoms with Crippen molar-refractivity contribution in [1.82, 2.24) is 0 Å². The van der Waals surface area contributed by atoms with Crippen molar-refractivity contribution in [1.29, 1.82) is 0 Å². The molecule has 5 heteroatoms. The van der Waals surface area contributed by atoms with Crippen LogP contribution in [-0.2, 0) is 9.59 Å². The zero-order chi connectivity index (χ0) is 11.3. The fourth-order valence-electron chi connectivity index (χ4n) is 1.02. The molecule has 1 atom stereocenters. The zero-order valence-corrected chi connectivity index (χ0v) is 11.6. The Labute approximate surface area is 117 Å². The van der Waals surface area contributed by atoms with Crippen molar-refractivity contribution in [3.63, 3.8) is 0 Å². The number of ether oxygens (including phenoxy) is 1. The minimum Gasteiger partial charge on any atom is -0.642 e. The summed E-state index contributed by atoms with van der Waals surface area (Å²) < 4.78 is 4.99. The number of benzene rings is 1. The Morgan fingerprint density at radius 1 is 1.25 bits per heavy atom. The molecule has 1 amide bonds. The first-order chi connectivity index (χ1) is 7.09. The summed E-state index contributed by atoms with van der Waals surface area (Å²) in [5.41, 5.74) is 0. The number of rotatable bonds is 3. The van der Waals surface area contributed by atoms with Gasteiger partial charge in [0.1, 0.15) is 5.75 Å². The van der Waals surface area contributed by atoms with Gasteiger partial charge in [-0.25, -0.2) is 0 Å². The Balaban J connectivity index is 0.00000225. The van der Waals surface area contributed by atoms with Crippen LogP contribution in [0.3, 0.4) is 0 Å². The standard InChI is InChI=1S/C11H13NO3.Na/c1-8(12-9(2)13)11(14)15-10-6-4-3-5-7-10;/h3-8H,1-2H3,(H,12,13);/q;+1/p-1/t8-;/m0./s1. The van der Waals surface area contributed by atoms with Gasteiger partial charge in [0.15, 0.2) is 0 Å². The van der Waals surface area contributed by atoms with Crippen LogP contribution in [0.25, 0.3) is 5.32 Å². The van der Waals surface area contributed by atoms with Gasteiger partial charge in [0.05, 0.1) is 0 Å². The van der Waals surface area contributed by atoms with Crippen molar-refractivity contribution in [2.75, 3.05) is 0 Å². The third-order valence-corrected chi connectivity index (χ3v) is 1.68. The summed E-state index contributed by atoms with van der Waals surface area (Å²) in [7, 11) is 0. The number of para-hydroxylation sites is 1. The van der Waals surface area contributed by atoms with E-state index in [1.807, 2.05) is 6.07 Å². The van der Waals surface area contributed by atoms with Gasteiger partial charge in [-0.2, -0.15) is 0 Å². The molecule has 0 bridgehead atoms. The third-order valence-electron chi connectivity index (χ3n) is 1.68. The first-order valence-corrected chi connectivity index (χ1v) is 4.58. The van der Waals surface area contributed by atoms with E-state index in [-0.39, 0.29) is 35.5 Å². The van der Waals surface area contributed by atoms with Crippen LogP contribution in [0.1, 0.15) is 13.8 Å². The van der Waals surface area contributed by atoms with Crippen molar-refractivity contribution in [3.8, 4) is 5.75 Å². The fraction of sp³-hybridized carbons (Fsp3) is 0.273. The van der Waals surface area contributed by atoms with E-state index in [2.05, 4.69) is 5.32 Å². The molecular weight excluding hydrogens is 217 g/mol. The molecule has 0 aliphatic rings. The second kappa shape index (κ2) is 7.44. The van der Waals surface area contributed by atoms with Crippen LogP contribution in [0, 0.1) is 0 Å². The SMILES string of the molecule is CC(=O)[N-][C@@H](C)C(=O)Oc1ccccc1.[Na+]. The minimum absolute atomic E-state index is 0. The van der Waals surface area contributed by atoms with E-state index in [1.165, 1.54) is 13.8 Å².